The lowest BCUT2D eigenvalue weighted by Gasteiger charge is -2.40. The van der Waals surface area contributed by atoms with Crippen molar-refractivity contribution in [2.24, 2.45) is 5.92 Å². The van der Waals surface area contributed by atoms with Crippen molar-refractivity contribution in [2.75, 3.05) is 19.4 Å². The third-order valence-corrected chi connectivity index (χ3v) is 6.37. The van der Waals surface area contributed by atoms with E-state index in [1.165, 1.54) is 0 Å². The first-order chi connectivity index (χ1) is 14.5. The third kappa shape index (κ3) is 4.33. The lowest BCUT2D eigenvalue weighted by Crippen LogP contribution is -2.53. The first-order valence-electron chi connectivity index (χ1n) is 10.5. The van der Waals surface area contributed by atoms with Crippen LogP contribution in [0.5, 0.6) is 0 Å². The number of carbonyl (C=O) groups is 2. The zero-order valence-electron chi connectivity index (χ0n) is 17.2. The molecule has 0 unspecified atom stereocenters. The Labute approximate surface area is 177 Å². The monoisotopic (exact) mass is 408 g/mol. The zero-order valence-corrected chi connectivity index (χ0v) is 17.2. The minimum absolute atomic E-state index is 0.0429. The molecule has 2 saturated heterocycles. The van der Waals surface area contributed by atoms with Crippen LogP contribution in [0, 0.1) is 5.92 Å². The van der Waals surface area contributed by atoms with Crippen LogP contribution in [0.4, 0.5) is 5.69 Å². The van der Waals surface area contributed by atoms with E-state index in [1.54, 1.807) is 24.3 Å². The van der Waals surface area contributed by atoms with Gasteiger partial charge in [-0.1, -0.05) is 30.3 Å². The smallest absolute Gasteiger partial charge is 0.338 e. The van der Waals surface area contributed by atoms with Crippen molar-refractivity contribution < 1.29 is 19.1 Å². The molecule has 2 N–H and O–H groups in total. The van der Waals surface area contributed by atoms with Gasteiger partial charge >= 0.3 is 11.9 Å². The Kier molecular flexibility index (Phi) is 6.04. The van der Waals surface area contributed by atoms with Gasteiger partial charge < -0.3 is 15.2 Å². The highest BCUT2D eigenvalue weighted by Crippen LogP contribution is 2.40. The minimum Gasteiger partial charge on any atom is -0.465 e. The summed E-state index contributed by atoms with van der Waals surface area (Å²) in [6.07, 6.45) is 2.74. The Hall–Kier alpha value is -2.86. The quantitative estimate of drug-likeness (QED) is 0.584. The third-order valence-electron chi connectivity index (χ3n) is 6.37. The minimum atomic E-state index is -0.465. The fourth-order valence-corrected chi connectivity index (χ4v) is 4.68. The van der Waals surface area contributed by atoms with Crippen molar-refractivity contribution in [3.05, 3.63) is 65.7 Å². The number of nitrogens with two attached hydrogens (primary N) is 1. The molecule has 2 fully saturated rings. The van der Waals surface area contributed by atoms with Crippen LogP contribution in [0.25, 0.3) is 0 Å². The van der Waals surface area contributed by atoms with Crippen molar-refractivity contribution in [1.29, 1.82) is 0 Å². The van der Waals surface area contributed by atoms with Crippen LogP contribution < -0.4 is 5.73 Å². The first kappa shape index (κ1) is 20.4. The summed E-state index contributed by atoms with van der Waals surface area (Å²) in [5, 5.41) is 0. The highest BCUT2D eigenvalue weighted by Gasteiger charge is 2.51. The van der Waals surface area contributed by atoms with Crippen LogP contribution in [0.3, 0.4) is 0 Å². The molecule has 2 heterocycles. The molecule has 6 heteroatoms. The average molecular weight is 408 g/mol. The normalized spacial score (nSPS) is 25.6. The number of hydrogen-bond acceptors (Lipinski definition) is 6. The summed E-state index contributed by atoms with van der Waals surface area (Å²) in [4.78, 5) is 27.9. The highest BCUT2D eigenvalue weighted by molar-refractivity contribution is 5.89. The zero-order chi connectivity index (χ0) is 21.1. The second-order valence-electron chi connectivity index (χ2n) is 8.19. The molecule has 0 aromatic heterocycles. The van der Waals surface area contributed by atoms with Gasteiger partial charge in [0.2, 0.25) is 0 Å². The fraction of sp³-hybridized carbons (Fsp3) is 0.417. The van der Waals surface area contributed by atoms with Crippen molar-refractivity contribution in [1.82, 2.24) is 4.90 Å². The number of benzene rings is 2. The van der Waals surface area contributed by atoms with Crippen LogP contribution in [0.15, 0.2) is 54.6 Å². The molecule has 2 aliphatic heterocycles. The van der Waals surface area contributed by atoms with Gasteiger partial charge in [-0.05, 0) is 49.7 Å². The lowest BCUT2D eigenvalue weighted by atomic mass is 9.87. The number of fused-ring (bicyclic) bond motifs is 2. The Bertz CT molecular complexity index is 884. The van der Waals surface area contributed by atoms with Crippen LogP contribution in [-0.4, -0.2) is 48.7 Å². The molecule has 0 amide bonds. The van der Waals surface area contributed by atoms with Gasteiger partial charge in [0.05, 0.1) is 12.2 Å². The van der Waals surface area contributed by atoms with E-state index in [-0.39, 0.29) is 18.0 Å². The van der Waals surface area contributed by atoms with Crippen molar-refractivity contribution in [2.45, 2.75) is 43.9 Å². The summed E-state index contributed by atoms with van der Waals surface area (Å²) in [6, 6.07) is 16.8. The van der Waals surface area contributed by atoms with E-state index in [0.717, 1.165) is 18.4 Å². The number of rotatable bonds is 6. The van der Waals surface area contributed by atoms with Gasteiger partial charge in [0.15, 0.2) is 0 Å². The van der Waals surface area contributed by atoms with Gasteiger partial charge in [-0.2, -0.15) is 0 Å². The number of hydrogen-bond donors (Lipinski definition) is 1. The van der Waals surface area contributed by atoms with Gasteiger partial charge in [-0.25, -0.2) is 4.79 Å². The molecule has 2 aromatic carbocycles. The summed E-state index contributed by atoms with van der Waals surface area (Å²) in [6.45, 7) is 0.290. The van der Waals surface area contributed by atoms with Crippen LogP contribution in [0.1, 0.15) is 35.2 Å². The number of esters is 2. The molecular formula is C24H28N2O4. The van der Waals surface area contributed by atoms with Gasteiger partial charge in [-0.3, -0.25) is 9.69 Å². The molecular weight excluding hydrogens is 380 g/mol. The van der Waals surface area contributed by atoms with Crippen molar-refractivity contribution in [3.8, 4) is 0 Å². The topological polar surface area (TPSA) is 81.9 Å². The summed E-state index contributed by atoms with van der Waals surface area (Å²) in [5.74, 6) is -1.13. The standard InChI is InChI=1S/C24H28N2O4/c1-26-19-11-12-20(26)22(21(15-19)30-23(27)17-5-3-2-4-6-17)24(28)29-14-13-16-7-9-18(25)10-8-16/h2-10,19-22H,11-15,25H2,1H3/t19-,20+,21-,22+/m0/s1. The predicted molar refractivity (Wildman–Crippen MR) is 114 cm³/mol. The fourth-order valence-electron chi connectivity index (χ4n) is 4.68. The first-order valence-corrected chi connectivity index (χ1v) is 10.5. The summed E-state index contributed by atoms with van der Waals surface area (Å²) in [5.41, 5.74) is 7.98. The number of carbonyl (C=O) groups excluding carboxylic acids is 2. The molecule has 2 aliphatic rings. The molecule has 30 heavy (non-hydrogen) atoms. The average Bonchev–Trinajstić information content (AvgIpc) is 2.98. The molecule has 158 valence electrons. The number of anilines is 1. The molecule has 2 aromatic rings. The van der Waals surface area contributed by atoms with E-state index in [4.69, 9.17) is 15.2 Å². The number of nitrogens with zero attached hydrogens (tertiary/aromatic N) is 1. The van der Waals surface area contributed by atoms with E-state index in [1.807, 2.05) is 37.4 Å². The second-order valence-corrected chi connectivity index (χ2v) is 8.19. The maximum Gasteiger partial charge on any atom is 0.338 e. The number of ether oxygens (including phenoxy) is 2. The molecule has 6 nitrogen and oxygen atoms in total. The SMILES string of the molecule is CN1[C@H]2CC[C@@H]1[C@@H](C(=O)OCCc1ccc(N)cc1)[C@@H](OC(=O)c1ccccc1)C2. The summed E-state index contributed by atoms with van der Waals surface area (Å²) < 4.78 is 11.5. The maximum atomic E-state index is 13.0. The van der Waals surface area contributed by atoms with Gasteiger partial charge in [0.1, 0.15) is 12.0 Å². The van der Waals surface area contributed by atoms with E-state index >= 15 is 0 Å². The van der Waals surface area contributed by atoms with Gasteiger partial charge in [-0.15, -0.1) is 0 Å². The maximum absolute atomic E-state index is 13.0. The van der Waals surface area contributed by atoms with Gasteiger partial charge in [0.25, 0.3) is 0 Å². The number of piperidine rings is 1. The Morgan fingerprint density at radius 1 is 1.07 bits per heavy atom. The van der Waals surface area contributed by atoms with E-state index < -0.39 is 12.0 Å². The largest absolute Gasteiger partial charge is 0.465 e. The lowest BCUT2D eigenvalue weighted by molar-refractivity contribution is -0.159. The summed E-state index contributed by atoms with van der Waals surface area (Å²) in [7, 11) is 2.05. The van der Waals surface area contributed by atoms with Crippen molar-refractivity contribution in [3.63, 3.8) is 0 Å². The molecule has 4 rings (SSSR count). The van der Waals surface area contributed by atoms with Crippen LogP contribution >= 0.6 is 0 Å². The molecule has 2 bridgehead atoms. The Balaban J connectivity index is 1.42. The number of nitrogen functional groups attached to an aromatic ring is 1. The molecule has 0 spiro atoms. The molecule has 4 atom stereocenters. The highest BCUT2D eigenvalue weighted by atomic mass is 16.6. The molecule has 0 radical (unpaired) electrons. The van der Waals surface area contributed by atoms with Crippen molar-refractivity contribution >= 4 is 17.6 Å². The van der Waals surface area contributed by atoms with E-state index in [0.29, 0.717) is 36.7 Å². The van der Waals surface area contributed by atoms with Crippen LogP contribution in [-0.2, 0) is 20.7 Å². The van der Waals surface area contributed by atoms with E-state index in [2.05, 4.69) is 4.90 Å². The van der Waals surface area contributed by atoms with Gasteiger partial charge in [0, 0.05) is 30.6 Å². The molecule has 0 aliphatic carbocycles. The Morgan fingerprint density at radius 3 is 2.53 bits per heavy atom. The Morgan fingerprint density at radius 2 is 1.80 bits per heavy atom. The van der Waals surface area contributed by atoms with Crippen LogP contribution in [0.2, 0.25) is 0 Å². The second kappa shape index (κ2) is 8.88. The predicted octanol–water partition coefficient (Wildman–Crippen LogP) is 3.06. The summed E-state index contributed by atoms with van der Waals surface area (Å²) >= 11 is 0. The van der Waals surface area contributed by atoms with E-state index in [9.17, 15) is 9.59 Å². The molecule has 0 saturated carbocycles.